The molecule has 1 aliphatic rings. The maximum absolute atomic E-state index is 9.11. The van der Waals surface area contributed by atoms with Crippen molar-refractivity contribution in [1.82, 2.24) is 4.90 Å². The standard InChI is InChI=1S/C7H15NO3/c1-5(9)2-8-3-6(10)7(11)4-8/h5-7,9-11H,2-4H2,1H3/t5?,6-,7+. The van der Waals surface area contributed by atoms with Gasteiger partial charge in [-0.2, -0.15) is 0 Å². The van der Waals surface area contributed by atoms with Crippen molar-refractivity contribution in [3.05, 3.63) is 0 Å². The van der Waals surface area contributed by atoms with Crippen molar-refractivity contribution in [3.63, 3.8) is 0 Å². The van der Waals surface area contributed by atoms with E-state index in [1.165, 1.54) is 0 Å². The summed E-state index contributed by atoms with van der Waals surface area (Å²) in [5, 5.41) is 27.2. The normalized spacial score (nSPS) is 36.0. The van der Waals surface area contributed by atoms with Crippen LogP contribution < -0.4 is 0 Å². The molecule has 1 rings (SSSR count). The molecule has 1 unspecified atom stereocenters. The minimum absolute atomic E-state index is 0.396. The smallest absolute Gasteiger partial charge is 0.0938 e. The van der Waals surface area contributed by atoms with Gasteiger partial charge in [0, 0.05) is 19.6 Å². The first-order valence-corrected chi connectivity index (χ1v) is 3.86. The monoisotopic (exact) mass is 161 g/mol. The third-order valence-corrected chi connectivity index (χ3v) is 1.86. The lowest BCUT2D eigenvalue weighted by atomic mass is 10.3. The Bertz CT molecular complexity index is 116. The Balaban J connectivity index is 2.29. The predicted octanol–water partition coefficient (Wildman–Crippen LogP) is -1.60. The largest absolute Gasteiger partial charge is 0.392 e. The van der Waals surface area contributed by atoms with Gasteiger partial charge >= 0.3 is 0 Å². The number of likely N-dealkylation sites (tertiary alicyclic amines) is 1. The molecule has 1 fully saturated rings. The van der Waals surface area contributed by atoms with E-state index in [0.29, 0.717) is 19.6 Å². The number of aliphatic hydroxyl groups excluding tert-OH is 3. The molecular weight excluding hydrogens is 146 g/mol. The summed E-state index contributed by atoms with van der Waals surface area (Å²) >= 11 is 0. The fourth-order valence-electron chi connectivity index (χ4n) is 1.37. The predicted molar refractivity (Wildman–Crippen MR) is 40.1 cm³/mol. The Morgan fingerprint density at radius 1 is 1.36 bits per heavy atom. The van der Waals surface area contributed by atoms with Gasteiger partial charge in [-0.3, -0.25) is 4.90 Å². The summed E-state index contributed by atoms with van der Waals surface area (Å²) in [7, 11) is 0. The van der Waals surface area contributed by atoms with Gasteiger partial charge < -0.3 is 15.3 Å². The van der Waals surface area contributed by atoms with Crippen molar-refractivity contribution in [1.29, 1.82) is 0 Å². The van der Waals surface area contributed by atoms with Crippen LogP contribution in [0.2, 0.25) is 0 Å². The molecule has 4 heteroatoms. The topological polar surface area (TPSA) is 63.9 Å². The summed E-state index contributed by atoms with van der Waals surface area (Å²) in [6, 6.07) is 0. The average Bonchev–Trinajstić information content (AvgIpc) is 2.10. The average molecular weight is 161 g/mol. The van der Waals surface area contributed by atoms with Gasteiger partial charge in [0.05, 0.1) is 18.3 Å². The molecule has 0 aliphatic carbocycles. The van der Waals surface area contributed by atoms with Crippen LogP contribution in [0.1, 0.15) is 6.92 Å². The van der Waals surface area contributed by atoms with Gasteiger partial charge in [-0.1, -0.05) is 0 Å². The van der Waals surface area contributed by atoms with E-state index in [1.54, 1.807) is 6.92 Å². The first-order chi connectivity index (χ1) is 5.09. The lowest BCUT2D eigenvalue weighted by molar-refractivity contribution is 0.0572. The maximum Gasteiger partial charge on any atom is 0.0938 e. The third kappa shape index (κ3) is 2.41. The zero-order valence-electron chi connectivity index (χ0n) is 6.64. The summed E-state index contributed by atoms with van der Waals surface area (Å²) < 4.78 is 0. The molecule has 0 aromatic heterocycles. The molecule has 3 atom stereocenters. The van der Waals surface area contributed by atoms with E-state index in [1.807, 2.05) is 4.90 Å². The second-order valence-electron chi connectivity index (χ2n) is 3.20. The van der Waals surface area contributed by atoms with Gasteiger partial charge in [0.2, 0.25) is 0 Å². The lowest BCUT2D eigenvalue weighted by Gasteiger charge is -2.15. The Hall–Kier alpha value is -0.160. The highest BCUT2D eigenvalue weighted by molar-refractivity contribution is 4.83. The zero-order valence-corrected chi connectivity index (χ0v) is 6.64. The molecular formula is C7H15NO3. The van der Waals surface area contributed by atoms with E-state index < -0.39 is 18.3 Å². The van der Waals surface area contributed by atoms with Crippen LogP contribution in [0.3, 0.4) is 0 Å². The maximum atomic E-state index is 9.11. The molecule has 0 saturated carbocycles. The first kappa shape index (κ1) is 8.93. The van der Waals surface area contributed by atoms with Crippen molar-refractivity contribution in [2.75, 3.05) is 19.6 Å². The third-order valence-electron chi connectivity index (χ3n) is 1.86. The Labute approximate surface area is 66.1 Å². The summed E-state index contributed by atoms with van der Waals surface area (Å²) in [5.41, 5.74) is 0. The molecule has 1 heterocycles. The van der Waals surface area contributed by atoms with Gasteiger partial charge in [-0.25, -0.2) is 0 Å². The van der Waals surface area contributed by atoms with Crippen molar-refractivity contribution < 1.29 is 15.3 Å². The molecule has 0 spiro atoms. The van der Waals surface area contributed by atoms with E-state index in [0.717, 1.165) is 0 Å². The summed E-state index contributed by atoms with van der Waals surface area (Å²) in [6.45, 7) is 3.14. The zero-order chi connectivity index (χ0) is 8.43. The van der Waals surface area contributed by atoms with E-state index in [2.05, 4.69) is 0 Å². The van der Waals surface area contributed by atoms with Crippen molar-refractivity contribution >= 4 is 0 Å². The Morgan fingerprint density at radius 3 is 2.18 bits per heavy atom. The summed E-state index contributed by atoms with van der Waals surface area (Å²) in [5.74, 6) is 0. The molecule has 1 saturated heterocycles. The van der Waals surface area contributed by atoms with Crippen LogP contribution in [0.15, 0.2) is 0 Å². The van der Waals surface area contributed by atoms with Crippen molar-refractivity contribution in [3.8, 4) is 0 Å². The number of rotatable bonds is 2. The van der Waals surface area contributed by atoms with Crippen LogP contribution in [0.25, 0.3) is 0 Å². The molecule has 0 aromatic carbocycles. The molecule has 0 amide bonds. The van der Waals surface area contributed by atoms with Crippen LogP contribution >= 0.6 is 0 Å². The second-order valence-corrected chi connectivity index (χ2v) is 3.20. The number of β-amino-alcohol motifs (C(OH)–C–C–N with tert-alkyl or cyclic N) is 3. The van der Waals surface area contributed by atoms with Crippen LogP contribution in [0.5, 0.6) is 0 Å². The molecule has 4 nitrogen and oxygen atoms in total. The van der Waals surface area contributed by atoms with E-state index in [-0.39, 0.29) is 0 Å². The Kier molecular flexibility index (Phi) is 2.84. The molecule has 66 valence electrons. The number of hydrogen-bond donors (Lipinski definition) is 3. The van der Waals surface area contributed by atoms with Crippen LogP contribution in [-0.4, -0.2) is 58.2 Å². The fourth-order valence-corrected chi connectivity index (χ4v) is 1.37. The van der Waals surface area contributed by atoms with Crippen molar-refractivity contribution in [2.24, 2.45) is 0 Å². The summed E-state index contributed by atoms with van der Waals surface area (Å²) in [6.07, 6.45) is -1.69. The SMILES string of the molecule is CC(O)CN1C[C@@H](O)[C@@H](O)C1. The van der Waals surface area contributed by atoms with E-state index >= 15 is 0 Å². The molecule has 0 aromatic rings. The van der Waals surface area contributed by atoms with Crippen LogP contribution in [0, 0.1) is 0 Å². The summed E-state index contributed by atoms with van der Waals surface area (Å²) in [4.78, 5) is 1.85. The number of nitrogens with zero attached hydrogens (tertiary/aromatic N) is 1. The highest BCUT2D eigenvalue weighted by atomic mass is 16.3. The fraction of sp³-hybridized carbons (Fsp3) is 1.00. The van der Waals surface area contributed by atoms with Gasteiger partial charge in [0.1, 0.15) is 0 Å². The van der Waals surface area contributed by atoms with E-state index in [4.69, 9.17) is 15.3 Å². The highest BCUT2D eigenvalue weighted by Gasteiger charge is 2.29. The minimum Gasteiger partial charge on any atom is -0.392 e. The Morgan fingerprint density at radius 2 is 1.82 bits per heavy atom. The van der Waals surface area contributed by atoms with Gasteiger partial charge in [-0.05, 0) is 6.92 Å². The molecule has 3 N–H and O–H groups in total. The number of hydrogen-bond acceptors (Lipinski definition) is 4. The highest BCUT2D eigenvalue weighted by Crippen LogP contribution is 2.09. The van der Waals surface area contributed by atoms with Crippen LogP contribution in [-0.2, 0) is 0 Å². The lowest BCUT2D eigenvalue weighted by Crippen LogP contribution is -2.29. The quantitative estimate of drug-likeness (QED) is 0.456. The van der Waals surface area contributed by atoms with Crippen LogP contribution in [0.4, 0.5) is 0 Å². The van der Waals surface area contributed by atoms with Crippen molar-refractivity contribution in [2.45, 2.75) is 25.2 Å². The molecule has 11 heavy (non-hydrogen) atoms. The molecule has 0 radical (unpaired) electrons. The second kappa shape index (κ2) is 3.49. The van der Waals surface area contributed by atoms with E-state index in [9.17, 15) is 0 Å². The molecule has 0 bridgehead atoms. The first-order valence-electron chi connectivity index (χ1n) is 3.86. The van der Waals surface area contributed by atoms with Gasteiger partial charge in [-0.15, -0.1) is 0 Å². The minimum atomic E-state index is -0.645. The van der Waals surface area contributed by atoms with Gasteiger partial charge in [0.25, 0.3) is 0 Å². The van der Waals surface area contributed by atoms with Gasteiger partial charge in [0.15, 0.2) is 0 Å². The molecule has 1 aliphatic heterocycles. The number of aliphatic hydroxyl groups is 3.